The first-order chi connectivity index (χ1) is 8.45. The van der Waals surface area contributed by atoms with Gasteiger partial charge in [-0.1, -0.05) is 37.1 Å². The highest BCUT2D eigenvalue weighted by Crippen LogP contribution is 2.35. The Bertz CT molecular complexity index is 366. The first-order valence-corrected chi connectivity index (χ1v) is 7.26. The Kier molecular flexibility index (Phi) is 3.46. The van der Waals surface area contributed by atoms with Crippen LogP contribution in [0.1, 0.15) is 55.6 Å². The molecule has 2 aliphatic rings. The predicted octanol–water partition coefficient (Wildman–Crippen LogP) is 3.64. The summed E-state index contributed by atoms with van der Waals surface area (Å²) in [4.78, 5) is 0. The molecule has 1 saturated heterocycles. The molecule has 1 aliphatic heterocycles. The topological polar surface area (TPSA) is 12.0 Å². The molecule has 0 radical (unpaired) electrons. The summed E-state index contributed by atoms with van der Waals surface area (Å²) in [7, 11) is 0. The summed E-state index contributed by atoms with van der Waals surface area (Å²) in [6, 6.07) is 9.89. The van der Waals surface area contributed by atoms with Gasteiger partial charge in [0.05, 0.1) is 0 Å². The molecule has 17 heavy (non-hydrogen) atoms. The molecule has 0 amide bonds. The minimum absolute atomic E-state index is 0.739. The molecule has 3 rings (SSSR count). The van der Waals surface area contributed by atoms with E-state index < -0.39 is 0 Å². The van der Waals surface area contributed by atoms with Crippen molar-refractivity contribution in [3.05, 3.63) is 35.4 Å². The van der Waals surface area contributed by atoms with Crippen LogP contribution in [-0.2, 0) is 6.42 Å². The van der Waals surface area contributed by atoms with Gasteiger partial charge in [-0.2, -0.15) is 0 Å². The molecule has 1 fully saturated rings. The lowest BCUT2D eigenvalue weighted by atomic mass is 9.83. The van der Waals surface area contributed by atoms with Gasteiger partial charge in [0.15, 0.2) is 0 Å². The number of nitrogens with one attached hydrogen (secondary N) is 1. The van der Waals surface area contributed by atoms with Crippen molar-refractivity contribution in [2.75, 3.05) is 6.54 Å². The van der Waals surface area contributed by atoms with E-state index in [2.05, 4.69) is 29.6 Å². The quantitative estimate of drug-likeness (QED) is 0.725. The van der Waals surface area contributed by atoms with Crippen molar-refractivity contribution >= 4 is 0 Å². The summed E-state index contributed by atoms with van der Waals surface area (Å²) in [6.45, 7) is 1.23. The van der Waals surface area contributed by atoms with Crippen LogP contribution in [0.15, 0.2) is 24.3 Å². The molecule has 92 valence electrons. The van der Waals surface area contributed by atoms with Crippen molar-refractivity contribution in [3.8, 4) is 0 Å². The van der Waals surface area contributed by atoms with Crippen molar-refractivity contribution in [2.45, 2.75) is 56.9 Å². The van der Waals surface area contributed by atoms with Crippen molar-refractivity contribution in [3.63, 3.8) is 0 Å². The lowest BCUT2D eigenvalue weighted by molar-refractivity contribution is 0.337. The van der Waals surface area contributed by atoms with E-state index in [4.69, 9.17) is 0 Å². The highest BCUT2D eigenvalue weighted by molar-refractivity contribution is 5.32. The van der Waals surface area contributed by atoms with Gasteiger partial charge in [-0.05, 0) is 55.7 Å². The van der Waals surface area contributed by atoms with E-state index in [-0.39, 0.29) is 0 Å². The van der Waals surface area contributed by atoms with Gasteiger partial charge in [-0.15, -0.1) is 0 Å². The number of hydrogen-bond donors (Lipinski definition) is 1. The van der Waals surface area contributed by atoms with Gasteiger partial charge in [0, 0.05) is 6.04 Å². The fourth-order valence-corrected chi connectivity index (χ4v) is 3.60. The van der Waals surface area contributed by atoms with Crippen LogP contribution in [0.5, 0.6) is 0 Å². The minimum Gasteiger partial charge on any atom is -0.313 e. The van der Waals surface area contributed by atoms with E-state index in [1.165, 1.54) is 51.5 Å². The fraction of sp³-hybridized carbons (Fsp3) is 0.625. The average Bonchev–Trinajstić information content (AvgIpc) is 2.62. The number of aryl methyl sites for hydroxylation is 1. The zero-order valence-corrected chi connectivity index (χ0v) is 10.6. The summed E-state index contributed by atoms with van der Waals surface area (Å²) in [5.41, 5.74) is 3.26. The minimum atomic E-state index is 0.739. The van der Waals surface area contributed by atoms with Gasteiger partial charge in [0.1, 0.15) is 0 Å². The van der Waals surface area contributed by atoms with Crippen molar-refractivity contribution < 1.29 is 0 Å². The van der Waals surface area contributed by atoms with E-state index in [9.17, 15) is 0 Å². The molecule has 0 spiro atoms. The monoisotopic (exact) mass is 229 g/mol. The van der Waals surface area contributed by atoms with Crippen molar-refractivity contribution in [2.24, 2.45) is 0 Å². The van der Waals surface area contributed by atoms with E-state index in [0.717, 1.165) is 12.0 Å². The summed E-state index contributed by atoms with van der Waals surface area (Å²) < 4.78 is 0. The third kappa shape index (κ3) is 2.40. The molecule has 1 nitrogen and oxygen atoms in total. The Morgan fingerprint density at radius 2 is 1.82 bits per heavy atom. The van der Waals surface area contributed by atoms with Gasteiger partial charge >= 0.3 is 0 Å². The lowest BCUT2D eigenvalue weighted by Gasteiger charge is -2.32. The van der Waals surface area contributed by atoms with Gasteiger partial charge in [0.25, 0.3) is 0 Å². The van der Waals surface area contributed by atoms with Crippen LogP contribution in [0, 0.1) is 0 Å². The van der Waals surface area contributed by atoms with Crippen molar-refractivity contribution in [1.29, 1.82) is 0 Å². The highest BCUT2D eigenvalue weighted by Gasteiger charge is 2.27. The number of hydrogen-bond acceptors (Lipinski definition) is 1. The van der Waals surface area contributed by atoms with Crippen LogP contribution in [0.2, 0.25) is 0 Å². The molecule has 2 atom stereocenters. The van der Waals surface area contributed by atoms with E-state index in [0.29, 0.717) is 0 Å². The predicted molar refractivity (Wildman–Crippen MR) is 72.4 cm³/mol. The maximum Gasteiger partial charge on any atom is 0.0136 e. The fourth-order valence-electron chi connectivity index (χ4n) is 3.60. The van der Waals surface area contributed by atoms with Gasteiger partial charge in [-0.3, -0.25) is 0 Å². The maximum absolute atomic E-state index is 3.76. The summed E-state index contributed by atoms with van der Waals surface area (Å²) in [5.74, 6) is 0.772. The van der Waals surface area contributed by atoms with E-state index in [1.807, 2.05) is 0 Å². The molecular weight excluding hydrogens is 206 g/mol. The van der Waals surface area contributed by atoms with Crippen LogP contribution in [0.4, 0.5) is 0 Å². The van der Waals surface area contributed by atoms with Crippen LogP contribution in [0.3, 0.4) is 0 Å². The summed E-state index contributed by atoms with van der Waals surface area (Å²) in [6.07, 6.45) is 9.60. The molecule has 0 saturated carbocycles. The number of benzene rings is 1. The number of rotatable bonds is 1. The average molecular weight is 229 g/mol. The smallest absolute Gasteiger partial charge is 0.0136 e. The molecule has 1 N–H and O–H groups in total. The zero-order valence-electron chi connectivity index (χ0n) is 10.6. The standard InChI is InChI=1S/C16H23N/c1-3-9-14-13(7-1)8-2-4-10-15(14)16-11-5-6-12-17-16/h1,3,7,9,15-17H,2,4-6,8,10-12H2/t15-,16+/m0/s1. The Morgan fingerprint density at radius 3 is 2.71 bits per heavy atom. The van der Waals surface area contributed by atoms with Crippen molar-refractivity contribution in [1.82, 2.24) is 5.32 Å². The summed E-state index contributed by atoms with van der Waals surface area (Å²) >= 11 is 0. The lowest BCUT2D eigenvalue weighted by Crippen LogP contribution is -2.38. The second kappa shape index (κ2) is 5.22. The normalized spacial score (nSPS) is 29.4. The maximum atomic E-state index is 3.76. The first-order valence-electron chi connectivity index (χ1n) is 7.26. The Hall–Kier alpha value is -0.820. The molecule has 0 bridgehead atoms. The molecule has 1 aromatic carbocycles. The molecule has 0 aromatic heterocycles. The zero-order chi connectivity index (χ0) is 11.5. The van der Waals surface area contributed by atoms with Gasteiger partial charge in [-0.25, -0.2) is 0 Å². The highest BCUT2D eigenvalue weighted by atomic mass is 14.9. The van der Waals surface area contributed by atoms with Crippen LogP contribution in [-0.4, -0.2) is 12.6 Å². The van der Waals surface area contributed by atoms with Crippen LogP contribution >= 0.6 is 0 Å². The Morgan fingerprint density at radius 1 is 0.941 bits per heavy atom. The number of fused-ring (bicyclic) bond motifs is 1. The molecule has 1 heteroatoms. The molecule has 1 heterocycles. The second-order valence-corrected chi connectivity index (χ2v) is 5.61. The van der Waals surface area contributed by atoms with Gasteiger partial charge < -0.3 is 5.32 Å². The molecule has 1 aromatic rings. The first kappa shape index (κ1) is 11.3. The largest absolute Gasteiger partial charge is 0.313 e. The van der Waals surface area contributed by atoms with E-state index >= 15 is 0 Å². The third-order valence-electron chi connectivity index (χ3n) is 4.50. The second-order valence-electron chi connectivity index (χ2n) is 5.61. The SMILES string of the molecule is c1ccc2c(c1)CCCC[C@@H]2[C@H]1CCCCN1. The third-order valence-corrected chi connectivity index (χ3v) is 4.50. The summed E-state index contributed by atoms with van der Waals surface area (Å²) in [5, 5.41) is 3.76. The van der Waals surface area contributed by atoms with Crippen LogP contribution < -0.4 is 5.32 Å². The molecule has 0 unspecified atom stereocenters. The molecule has 1 aliphatic carbocycles. The number of piperidine rings is 1. The van der Waals surface area contributed by atoms with E-state index in [1.54, 1.807) is 11.1 Å². The van der Waals surface area contributed by atoms with Crippen LogP contribution in [0.25, 0.3) is 0 Å². The molecular formula is C16H23N. The Labute approximate surface area is 105 Å². The Balaban J connectivity index is 1.88. The van der Waals surface area contributed by atoms with Gasteiger partial charge in [0.2, 0.25) is 0 Å².